The highest BCUT2D eigenvalue weighted by Gasteiger charge is 2.25. The highest BCUT2D eigenvalue weighted by atomic mass is 32.2. The monoisotopic (exact) mass is 246 g/mol. The van der Waals surface area contributed by atoms with Gasteiger partial charge in [0.2, 0.25) is 0 Å². The van der Waals surface area contributed by atoms with Crippen LogP contribution in [0.15, 0.2) is 47.5 Å². The van der Waals surface area contributed by atoms with Gasteiger partial charge in [0.25, 0.3) is 0 Å². The first-order chi connectivity index (χ1) is 8.17. The summed E-state index contributed by atoms with van der Waals surface area (Å²) < 4.78 is 24.4. The summed E-state index contributed by atoms with van der Waals surface area (Å²) >= 11 is 0. The molecule has 0 amide bonds. The Morgan fingerprint density at radius 1 is 1.12 bits per heavy atom. The van der Waals surface area contributed by atoms with E-state index in [4.69, 9.17) is 0 Å². The Bertz CT molecular complexity index is 680. The molecule has 3 rings (SSSR count). The van der Waals surface area contributed by atoms with E-state index in [-0.39, 0.29) is 10.6 Å². The summed E-state index contributed by atoms with van der Waals surface area (Å²) in [5, 5.41) is 3.07. The average molecular weight is 246 g/mol. The Morgan fingerprint density at radius 2 is 1.94 bits per heavy atom. The molecule has 1 aliphatic rings. The average Bonchev–Trinajstić information content (AvgIpc) is 2.42. The van der Waals surface area contributed by atoms with Crippen molar-refractivity contribution in [2.45, 2.75) is 10.6 Å². The van der Waals surface area contributed by atoms with Crippen LogP contribution in [-0.2, 0) is 15.6 Å². The first-order valence-corrected chi connectivity index (χ1v) is 6.85. The Balaban J connectivity index is 2.28. The Morgan fingerprint density at radius 3 is 2.82 bits per heavy atom. The molecule has 0 saturated carbocycles. The van der Waals surface area contributed by atoms with Crippen LogP contribution in [0.2, 0.25) is 0 Å². The summed E-state index contributed by atoms with van der Waals surface area (Å²) in [5.41, 5.74) is 1.57. The third kappa shape index (κ3) is 1.68. The van der Waals surface area contributed by atoms with Crippen LogP contribution in [0.5, 0.6) is 0 Å². The highest BCUT2D eigenvalue weighted by molar-refractivity contribution is 7.90. The quantitative estimate of drug-likeness (QED) is 0.773. The van der Waals surface area contributed by atoms with Gasteiger partial charge >= 0.3 is 0 Å². The zero-order valence-corrected chi connectivity index (χ0v) is 9.74. The van der Waals surface area contributed by atoms with Crippen molar-refractivity contribution in [3.63, 3.8) is 0 Å². The maximum Gasteiger partial charge on any atom is 0.186 e. The molecule has 1 N–H and O–H groups in total. The number of rotatable bonds is 0. The second-order valence-corrected chi connectivity index (χ2v) is 5.85. The van der Waals surface area contributed by atoms with Crippen molar-refractivity contribution in [1.82, 2.24) is 4.98 Å². The zero-order chi connectivity index (χ0) is 11.9. The fraction of sp³-hybridized carbons (Fsp3) is 0.0833. The van der Waals surface area contributed by atoms with Gasteiger partial charge in [-0.15, -0.1) is 0 Å². The van der Waals surface area contributed by atoms with E-state index in [0.717, 1.165) is 11.3 Å². The molecule has 86 valence electrons. The molecule has 0 fully saturated rings. The molecule has 4 nitrogen and oxygen atoms in total. The van der Waals surface area contributed by atoms with Crippen molar-refractivity contribution in [3.05, 3.63) is 48.2 Å². The van der Waals surface area contributed by atoms with Crippen molar-refractivity contribution in [2.24, 2.45) is 0 Å². The van der Waals surface area contributed by atoms with E-state index in [0.29, 0.717) is 5.82 Å². The van der Waals surface area contributed by atoms with E-state index < -0.39 is 9.84 Å². The van der Waals surface area contributed by atoms with Crippen LogP contribution in [0.25, 0.3) is 0 Å². The topological polar surface area (TPSA) is 59.1 Å². The van der Waals surface area contributed by atoms with E-state index >= 15 is 0 Å². The molecule has 1 aromatic heterocycles. The number of pyridine rings is 1. The maximum atomic E-state index is 12.2. The van der Waals surface area contributed by atoms with E-state index in [2.05, 4.69) is 10.3 Å². The Labute approximate surface area is 99.2 Å². The summed E-state index contributed by atoms with van der Waals surface area (Å²) in [4.78, 5) is 4.34. The lowest BCUT2D eigenvalue weighted by molar-refractivity contribution is 0.596. The van der Waals surface area contributed by atoms with E-state index in [1.54, 1.807) is 18.3 Å². The first kappa shape index (κ1) is 10.3. The SMILES string of the molecule is O=S1(=O)Cc2ccccc2Nc2ncccc21. The second-order valence-electron chi connectivity index (χ2n) is 3.89. The fourth-order valence-electron chi connectivity index (χ4n) is 1.91. The van der Waals surface area contributed by atoms with Crippen LogP contribution in [0.1, 0.15) is 5.56 Å². The predicted octanol–water partition coefficient (Wildman–Crippen LogP) is 2.11. The normalized spacial score (nSPS) is 16.2. The molecule has 0 radical (unpaired) electrons. The lowest BCUT2D eigenvalue weighted by atomic mass is 10.2. The molecule has 1 aromatic carbocycles. The molecule has 0 aliphatic carbocycles. The van der Waals surface area contributed by atoms with Gasteiger partial charge in [0.15, 0.2) is 9.84 Å². The fourth-order valence-corrected chi connectivity index (χ4v) is 3.41. The molecule has 5 heteroatoms. The van der Waals surface area contributed by atoms with E-state index in [1.807, 2.05) is 24.3 Å². The van der Waals surface area contributed by atoms with E-state index in [1.165, 1.54) is 0 Å². The van der Waals surface area contributed by atoms with Crippen LogP contribution in [0, 0.1) is 0 Å². The number of fused-ring (bicyclic) bond motifs is 2. The van der Waals surface area contributed by atoms with Gasteiger partial charge in [-0.25, -0.2) is 13.4 Å². The number of nitrogens with zero attached hydrogens (tertiary/aromatic N) is 1. The minimum atomic E-state index is -3.32. The Hall–Kier alpha value is -1.88. The lowest BCUT2D eigenvalue weighted by Crippen LogP contribution is -2.04. The number of hydrogen-bond acceptors (Lipinski definition) is 4. The van der Waals surface area contributed by atoms with Gasteiger partial charge in [0.05, 0.1) is 5.75 Å². The molecular formula is C12H10N2O2S. The molecule has 17 heavy (non-hydrogen) atoms. The third-order valence-electron chi connectivity index (χ3n) is 2.72. The summed E-state index contributed by atoms with van der Waals surface area (Å²) in [6.07, 6.45) is 1.58. The van der Waals surface area contributed by atoms with Crippen LogP contribution in [0.3, 0.4) is 0 Å². The van der Waals surface area contributed by atoms with Crippen LogP contribution in [0.4, 0.5) is 11.5 Å². The molecule has 2 aromatic rings. The zero-order valence-electron chi connectivity index (χ0n) is 8.92. The summed E-state index contributed by atoms with van der Waals surface area (Å²) in [7, 11) is -3.32. The molecular weight excluding hydrogens is 236 g/mol. The second kappa shape index (κ2) is 3.56. The number of nitrogens with one attached hydrogen (secondary N) is 1. The third-order valence-corrected chi connectivity index (χ3v) is 4.41. The summed E-state index contributed by atoms with van der Waals surface area (Å²) in [6, 6.07) is 10.6. The van der Waals surface area contributed by atoms with Crippen LogP contribution >= 0.6 is 0 Å². The molecule has 0 unspecified atom stereocenters. The van der Waals surface area contributed by atoms with E-state index in [9.17, 15) is 8.42 Å². The molecule has 0 bridgehead atoms. The van der Waals surface area contributed by atoms with Crippen molar-refractivity contribution >= 4 is 21.3 Å². The first-order valence-electron chi connectivity index (χ1n) is 5.19. The molecule has 1 aliphatic heterocycles. The Kier molecular flexibility index (Phi) is 2.16. The molecule has 0 atom stereocenters. The van der Waals surface area contributed by atoms with Crippen LogP contribution in [-0.4, -0.2) is 13.4 Å². The van der Waals surface area contributed by atoms with Crippen molar-refractivity contribution < 1.29 is 8.42 Å². The van der Waals surface area contributed by atoms with Crippen LogP contribution < -0.4 is 5.32 Å². The van der Waals surface area contributed by atoms with Crippen molar-refractivity contribution in [2.75, 3.05) is 5.32 Å². The van der Waals surface area contributed by atoms with Gasteiger partial charge in [-0.05, 0) is 23.8 Å². The van der Waals surface area contributed by atoms with Gasteiger partial charge in [-0.2, -0.15) is 0 Å². The standard InChI is InChI=1S/C12H10N2O2S/c15-17(16)8-9-4-1-2-5-10(9)14-12-11(17)6-3-7-13-12/h1-7H,8H2,(H,13,14). The van der Waals surface area contributed by atoms with Gasteiger partial charge < -0.3 is 5.32 Å². The smallest absolute Gasteiger partial charge is 0.186 e. The number of hydrogen-bond donors (Lipinski definition) is 1. The maximum absolute atomic E-state index is 12.2. The summed E-state index contributed by atoms with van der Waals surface area (Å²) in [5.74, 6) is 0.409. The minimum absolute atomic E-state index is 0.00880. The van der Waals surface area contributed by atoms with Gasteiger partial charge in [-0.3, -0.25) is 0 Å². The highest BCUT2D eigenvalue weighted by Crippen LogP contribution is 2.32. The van der Waals surface area contributed by atoms with Gasteiger partial charge in [-0.1, -0.05) is 18.2 Å². The predicted molar refractivity (Wildman–Crippen MR) is 64.9 cm³/mol. The number of aromatic nitrogens is 1. The van der Waals surface area contributed by atoms with Crippen molar-refractivity contribution in [1.29, 1.82) is 0 Å². The lowest BCUT2D eigenvalue weighted by Gasteiger charge is -2.06. The minimum Gasteiger partial charge on any atom is -0.339 e. The number of anilines is 2. The van der Waals surface area contributed by atoms with Crippen molar-refractivity contribution in [3.8, 4) is 0 Å². The van der Waals surface area contributed by atoms with Gasteiger partial charge in [0.1, 0.15) is 10.7 Å². The largest absolute Gasteiger partial charge is 0.339 e. The number of sulfone groups is 1. The van der Waals surface area contributed by atoms with Gasteiger partial charge in [0, 0.05) is 11.9 Å². The number of para-hydroxylation sites is 1. The summed E-state index contributed by atoms with van der Waals surface area (Å²) in [6.45, 7) is 0. The molecule has 2 heterocycles. The number of benzene rings is 1. The molecule has 0 saturated heterocycles. The molecule has 0 spiro atoms.